The van der Waals surface area contributed by atoms with Crippen LogP contribution >= 0.6 is 23.4 Å². The Morgan fingerprint density at radius 1 is 0.963 bits per heavy atom. The van der Waals surface area contributed by atoms with Gasteiger partial charge >= 0.3 is 0 Å². The van der Waals surface area contributed by atoms with E-state index in [2.05, 4.69) is 4.98 Å². The molecule has 4 aromatic rings. The topological polar surface area (TPSA) is 34.9 Å². The number of rotatable bonds is 4. The minimum Gasteiger partial charge on any atom is -0.268 e. The van der Waals surface area contributed by atoms with Crippen molar-refractivity contribution < 1.29 is 4.39 Å². The van der Waals surface area contributed by atoms with Crippen LogP contribution in [0.3, 0.4) is 0 Å². The molecule has 27 heavy (non-hydrogen) atoms. The molecule has 0 aliphatic rings. The maximum atomic E-state index is 13.3. The average Bonchev–Trinajstić information content (AvgIpc) is 2.69. The molecule has 134 valence electrons. The van der Waals surface area contributed by atoms with Crippen molar-refractivity contribution in [2.24, 2.45) is 0 Å². The largest absolute Gasteiger partial charge is 0.268 e. The summed E-state index contributed by atoms with van der Waals surface area (Å²) in [5.74, 6) is 0.205. The van der Waals surface area contributed by atoms with Gasteiger partial charge in [0.15, 0.2) is 5.16 Å². The van der Waals surface area contributed by atoms with E-state index in [0.29, 0.717) is 32.5 Å². The van der Waals surface area contributed by atoms with Crippen molar-refractivity contribution >= 4 is 34.3 Å². The number of nitrogens with zero attached hydrogens (tertiary/aromatic N) is 2. The molecule has 3 aromatic carbocycles. The van der Waals surface area contributed by atoms with Gasteiger partial charge in [0.05, 0.1) is 16.6 Å². The number of para-hydroxylation sites is 1. The molecule has 0 fully saturated rings. The number of benzene rings is 3. The van der Waals surface area contributed by atoms with E-state index in [-0.39, 0.29) is 11.4 Å². The van der Waals surface area contributed by atoms with Gasteiger partial charge in [-0.1, -0.05) is 53.7 Å². The SMILES string of the molecule is O=c1c2ccccc2nc(SCc2ccccc2Cl)n1-c1ccc(F)cc1. The highest BCUT2D eigenvalue weighted by molar-refractivity contribution is 7.98. The molecule has 0 spiro atoms. The number of fused-ring (bicyclic) bond motifs is 1. The molecule has 0 bridgehead atoms. The quantitative estimate of drug-likeness (QED) is 0.339. The van der Waals surface area contributed by atoms with E-state index < -0.39 is 0 Å². The third-order valence-corrected chi connectivity index (χ3v) is 5.50. The maximum absolute atomic E-state index is 13.3. The minimum atomic E-state index is -0.356. The van der Waals surface area contributed by atoms with Gasteiger partial charge in [0.1, 0.15) is 5.82 Å². The Hall–Kier alpha value is -2.63. The van der Waals surface area contributed by atoms with Crippen molar-refractivity contribution in [3.63, 3.8) is 0 Å². The maximum Gasteiger partial charge on any atom is 0.266 e. The van der Waals surface area contributed by atoms with E-state index in [1.165, 1.54) is 28.5 Å². The molecular weight excluding hydrogens is 383 g/mol. The standard InChI is InChI=1S/C21H14ClFN2OS/c22-18-7-3-1-5-14(18)13-27-21-24-19-8-4-2-6-17(19)20(26)25(21)16-11-9-15(23)10-12-16/h1-12H,13H2. The van der Waals surface area contributed by atoms with Gasteiger partial charge in [0.25, 0.3) is 5.56 Å². The van der Waals surface area contributed by atoms with Gasteiger partial charge in [-0.2, -0.15) is 0 Å². The first-order valence-electron chi connectivity index (χ1n) is 8.27. The van der Waals surface area contributed by atoms with Gasteiger partial charge in [-0.3, -0.25) is 9.36 Å². The second kappa shape index (κ2) is 7.55. The summed E-state index contributed by atoms with van der Waals surface area (Å²) in [6.45, 7) is 0. The molecule has 1 aromatic heterocycles. The summed E-state index contributed by atoms with van der Waals surface area (Å²) >= 11 is 7.66. The molecule has 0 amide bonds. The lowest BCUT2D eigenvalue weighted by atomic mass is 10.2. The number of hydrogen-bond donors (Lipinski definition) is 0. The molecule has 1 heterocycles. The molecule has 4 rings (SSSR count). The summed E-state index contributed by atoms with van der Waals surface area (Å²) in [6.07, 6.45) is 0. The van der Waals surface area contributed by atoms with E-state index in [9.17, 15) is 9.18 Å². The predicted octanol–water partition coefficient (Wildman–Crippen LogP) is 5.47. The minimum absolute atomic E-state index is 0.186. The highest BCUT2D eigenvalue weighted by atomic mass is 35.5. The summed E-state index contributed by atoms with van der Waals surface area (Å²) in [7, 11) is 0. The Bertz CT molecular complexity index is 1170. The Morgan fingerprint density at radius 3 is 2.44 bits per heavy atom. The molecule has 0 aliphatic carbocycles. The molecule has 0 saturated carbocycles. The average molecular weight is 397 g/mol. The first kappa shape index (κ1) is 17.8. The fourth-order valence-corrected chi connectivity index (χ4v) is 4.08. The van der Waals surface area contributed by atoms with E-state index in [1.807, 2.05) is 36.4 Å². The van der Waals surface area contributed by atoms with Gasteiger partial charge in [-0.25, -0.2) is 9.37 Å². The van der Waals surface area contributed by atoms with Crippen LogP contribution in [0.15, 0.2) is 82.7 Å². The summed E-state index contributed by atoms with van der Waals surface area (Å²) < 4.78 is 14.9. The zero-order chi connectivity index (χ0) is 18.8. The van der Waals surface area contributed by atoms with E-state index in [0.717, 1.165) is 5.56 Å². The zero-order valence-corrected chi connectivity index (χ0v) is 15.7. The van der Waals surface area contributed by atoms with Crippen molar-refractivity contribution in [3.05, 3.63) is 99.6 Å². The van der Waals surface area contributed by atoms with Crippen LogP contribution in [0.2, 0.25) is 5.02 Å². The molecule has 0 saturated heterocycles. The third kappa shape index (κ3) is 3.61. The fourth-order valence-electron chi connectivity index (χ4n) is 2.78. The molecule has 0 radical (unpaired) electrons. The Kier molecular flexibility index (Phi) is 4.97. The summed E-state index contributed by atoms with van der Waals surface area (Å²) in [6, 6.07) is 20.6. The lowest BCUT2D eigenvalue weighted by Crippen LogP contribution is -2.21. The van der Waals surface area contributed by atoms with Crippen molar-refractivity contribution in [3.8, 4) is 5.69 Å². The van der Waals surface area contributed by atoms with Crippen molar-refractivity contribution in [1.82, 2.24) is 9.55 Å². The molecule has 6 heteroatoms. The van der Waals surface area contributed by atoms with Crippen LogP contribution in [0.4, 0.5) is 4.39 Å². The first-order chi connectivity index (χ1) is 13.1. The van der Waals surface area contributed by atoms with E-state index in [4.69, 9.17) is 11.6 Å². The van der Waals surface area contributed by atoms with Crippen LogP contribution in [-0.2, 0) is 5.75 Å². The van der Waals surface area contributed by atoms with Crippen LogP contribution < -0.4 is 5.56 Å². The van der Waals surface area contributed by atoms with Crippen LogP contribution in [0.25, 0.3) is 16.6 Å². The van der Waals surface area contributed by atoms with Gasteiger partial charge in [0, 0.05) is 10.8 Å². The van der Waals surface area contributed by atoms with E-state index >= 15 is 0 Å². The number of aromatic nitrogens is 2. The van der Waals surface area contributed by atoms with Gasteiger partial charge in [-0.15, -0.1) is 0 Å². The normalized spacial score (nSPS) is 11.0. The fraction of sp³-hybridized carbons (Fsp3) is 0.0476. The molecule has 0 aliphatic heterocycles. The van der Waals surface area contributed by atoms with Crippen LogP contribution in [-0.4, -0.2) is 9.55 Å². The smallest absolute Gasteiger partial charge is 0.266 e. The Labute approximate surface area is 164 Å². The zero-order valence-electron chi connectivity index (χ0n) is 14.1. The molecule has 3 nitrogen and oxygen atoms in total. The number of halogens is 2. The molecule has 0 atom stereocenters. The monoisotopic (exact) mass is 396 g/mol. The van der Waals surface area contributed by atoms with Crippen molar-refractivity contribution in [2.45, 2.75) is 10.9 Å². The van der Waals surface area contributed by atoms with Crippen molar-refractivity contribution in [2.75, 3.05) is 0 Å². The number of hydrogen-bond acceptors (Lipinski definition) is 3. The second-order valence-corrected chi connectivity index (χ2v) is 7.26. The van der Waals surface area contributed by atoms with Crippen LogP contribution in [0.1, 0.15) is 5.56 Å². The number of thioether (sulfide) groups is 1. The lowest BCUT2D eigenvalue weighted by molar-refractivity contribution is 0.627. The van der Waals surface area contributed by atoms with Gasteiger partial charge in [0.2, 0.25) is 0 Å². The highest BCUT2D eigenvalue weighted by Gasteiger charge is 2.14. The van der Waals surface area contributed by atoms with E-state index in [1.54, 1.807) is 24.3 Å². The summed E-state index contributed by atoms with van der Waals surface area (Å²) in [5.41, 5.74) is 1.97. The second-order valence-electron chi connectivity index (χ2n) is 5.91. The molecule has 0 N–H and O–H groups in total. The highest BCUT2D eigenvalue weighted by Crippen LogP contribution is 2.27. The van der Waals surface area contributed by atoms with Gasteiger partial charge in [-0.05, 0) is 48.0 Å². The van der Waals surface area contributed by atoms with Crippen LogP contribution in [0, 0.1) is 5.82 Å². The Morgan fingerprint density at radius 2 is 1.67 bits per heavy atom. The Balaban J connectivity index is 1.84. The first-order valence-corrected chi connectivity index (χ1v) is 9.64. The summed E-state index contributed by atoms with van der Waals surface area (Å²) in [4.78, 5) is 17.8. The van der Waals surface area contributed by atoms with Gasteiger partial charge < -0.3 is 0 Å². The summed E-state index contributed by atoms with van der Waals surface area (Å²) in [5, 5.41) is 1.72. The third-order valence-electron chi connectivity index (χ3n) is 4.14. The molecular formula is C21H14ClFN2OS. The predicted molar refractivity (Wildman–Crippen MR) is 108 cm³/mol. The van der Waals surface area contributed by atoms with Crippen molar-refractivity contribution in [1.29, 1.82) is 0 Å². The lowest BCUT2D eigenvalue weighted by Gasteiger charge is -2.13. The molecule has 0 unspecified atom stereocenters. The van der Waals surface area contributed by atoms with Crippen LogP contribution in [0.5, 0.6) is 0 Å².